The first-order chi connectivity index (χ1) is 5.76. The van der Waals surface area contributed by atoms with Gasteiger partial charge in [0.1, 0.15) is 0 Å². The largest absolute Gasteiger partial charge is 0.481 e. The minimum atomic E-state index is -0.592. The number of carboxylic acid groups (broad SMARTS) is 1. The highest BCUT2D eigenvalue weighted by atomic mass is 16.4. The Bertz CT molecular complexity index is 242. The molecule has 1 N–H and O–H groups in total. The molecule has 1 unspecified atom stereocenters. The van der Waals surface area contributed by atoms with Crippen molar-refractivity contribution in [1.82, 2.24) is 0 Å². The van der Waals surface area contributed by atoms with E-state index in [0.29, 0.717) is 0 Å². The topological polar surface area (TPSA) is 37.3 Å². The van der Waals surface area contributed by atoms with E-state index in [1.165, 1.54) is 12.0 Å². The van der Waals surface area contributed by atoms with Gasteiger partial charge in [0.05, 0.1) is 5.41 Å². The average Bonchev–Trinajstić information content (AvgIpc) is 2.48. The first-order valence-electron chi connectivity index (χ1n) is 4.69. The number of fused-ring (bicyclic) bond motifs is 1. The van der Waals surface area contributed by atoms with Gasteiger partial charge in [-0.2, -0.15) is 0 Å². The lowest BCUT2D eigenvalue weighted by Crippen LogP contribution is -2.32. The quantitative estimate of drug-likeness (QED) is 0.607. The van der Waals surface area contributed by atoms with Gasteiger partial charge in [-0.15, -0.1) is 0 Å². The number of aliphatic carboxylic acids is 1. The van der Waals surface area contributed by atoms with Gasteiger partial charge in [0.25, 0.3) is 0 Å². The van der Waals surface area contributed by atoms with Crippen molar-refractivity contribution < 1.29 is 9.90 Å². The van der Waals surface area contributed by atoms with Crippen molar-refractivity contribution in [3.8, 4) is 0 Å². The Morgan fingerprint density at radius 3 is 2.92 bits per heavy atom. The lowest BCUT2D eigenvalue weighted by Gasteiger charge is -2.32. The molecule has 0 heterocycles. The summed E-state index contributed by atoms with van der Waals surface area (Å²) in [4.78, 5) is 11.1. The Morgan fingerprint density at radius 1 is 1.42 bits per heavy atom. The van der Waals surface area contributed by atoms with Crippen LogP contribution in [0, 0.1) is 5.41 Å². The molecule has 2 aliphatic carbocycles. The first-order valence-corrected chi connectivity index (χ1v) is 4.69. The van der Waals surface area contributed by atoms with Crippen molar-refractivity contribution in [1.29, 1.82) is 0 Å². The maximum atomic E-state index is 11.1. The van der Waals surface area contributed by atoms with E-state index in [-0.39, 0.29) is 0 Å². The molecule has 0 aliphatic heterocycles. The number of carbonyl (C=O) groups is 1. The Labute approximate surface area is 72.3 Å². The standard InChI is InChI=1S/C10H14O2/c11-9(12)10-6-2-1-4-8(10)5-3-7-10/h5H,1-4,6-7H2,(H,11,12). The molecule has 0 saturated heterocycles. The zero-order valence-corrected chi connectivity index (χ0v) is 7.18. The highest BCUT2D eigenvalue weighted by Crippen LogP contribution is 2.48. The third-order valence-corrected chi connectivity index (χ3v) is 3.29. The SMILES string of the molecule is O=C(O)C12CCC=C1CCCC2. The van der Waals surface area contributed by atoms with Crippen molar-refractivity contribution in [2.45, 2.75) is 38.5 Å². The van der Waals surface area contributed by atoms with Crippen LogP contribution in [0.15, 0.2) is 11.6 Å². The van der Waals surface area contributed by atoms with Crippen LogP contribution in [-0.4, -0.2) is 11.1 Å². The maximum Gasteiger partial charge on any atom is 0.313 e. The molecule has 2 aliphatic rings. The zero-order chi connectivity index (χ0) is 8.60. The van der Waals surface area contributed by atoms with Crippen LogP contribution in [0.25, 0.3) is 0 Å². The second kappa shape index (κ2) is 2.61. The van der Waals surface area contributed by atoms with E-state index in [0.717, 1.165) is 32.1 Å². The molecule has 0 bridgehead atoms. The molecule has 12 heavy (non-hydrogen) atoms. The molecule has 1 fully saturated rings. The van der Waals surface area contributed by atoms with Gasteiger partial charge in [-0.05, 0) is 32.1 Å². The van der Waals surface area contributed by atoms with Gasteiger partial charge in [-0.3, -0.25) is 4.79 Å². The highest BCUT2D eigenvalue weighted by molar-refractivity contribution is 5.79. The second-order valence-corrected chi connectivity index (χ2v) is 3.86. The second-order valence-electron chi connectivity index (χ2n) is 3.86. The van der Waals surface area contributed by atoms with Gasteiger partial charge in [-0.25, -0.2) is 0 Å². The van der Waals surface area contributed by atoms with Crippen LogP contribution in [0.2, 0.25) is 0 Å². The molecular formula is C10H14O2. The van der Waals surface area contributed by atoms with E-state index in [2.05, 4.69) is 6.08 Å². The predicted molar refractivity (Wildman–Crippen MR) is 45.9 cm³/mol. The normalized spacial score (nSPS) is 34.2. The number of hydrogen-bond donors (Lipinski definition) is 1. The Morgan fingerprint density at radius 2 is 2.25 bits per heavy atom. The molecule has 2 heteroatoms. The summed E-state index contributed by atoms with van der Waals surface area (Å²) in [6.45, 7) is 0. The molecule has 0 aromatic rings. The number of hydrogen-bond acceptors (Lipinski definition) is 1. The van der Waals surface area contributed by atoms with Crippen molar-refractivity contribution in [3.05, 3.63) is 11.6 Å². The summed E-state index contributed by atoms with van der Waals surface area (Å²) in [5.74, 6) is -0.592. The molecule has 0 aromatic carbocycles. The minimum absolute atomic E-state index is 0.432. The minimum Gasteiger partial charge on any atom is -0.481 e. The monoisotopic (exact) mass is 166 g/mol. The van der Waals surface area contributed by atoms with Gasteiger partial charge >= 0.3 is 5.97 Å². The molecule has 2 rings (SSSR count). The number of allylic oxidation sites excluding steroid dienone is 1. The molecule has 0 aromatic heterocycles. The molecule has 2 nitrogen and oxygen atoms in total. The van der Waals surface area contributed by atoms with Gasteiger partial charge < -0.3 is 5.11 Å². The molecule has 66 valence electrons. The van der Waals surface area contributed by atoms with Crippen LogP contribution in [-0.2, 0) is 4.79 Å². The summed E-state index contributed by atoms with van der Waals surface area (Å²) in [6, 6.07) is 0. The third-order valence-electron chi connectivity index (χ3n) is 3.29. The lowest BCUT2D eigenvalue weighted by atomic mass is 9.71. The molecule has 1 atom stereocenters. The fourth-order valence-electron chi connectivity index (χ4n) is 2.57. The van der Waals surface area contributed by atoms with Gasteiger partial charge in [0.15, 0.2) is 0 Å². The van der Waals surface area contributed by atoms with Crippen LogP contribution in [0.4, 0.5) is 0 Å². The molecule has 0 radical (unpaired) electrons. The van der Waals surface area contributed by atoms with Gasteiger partial charge in [-0.1, -0.05) is 18.1 Å². The molecular weight excluding hydrogens is 152 g/mol. The van der Waals surface area contributed by atoms with Crippen molar-refractivity contribution in [2.24, 2.45) is 5.41 Å². The van der Waals surface area contributed by atoms with Crippen LogP contribution in [0.1, 0.15) is 38.5 Å². The molecule has 1 saturated carbocycles. The van der Waals surface area contributed by atoms with Crippen molar-refractivity contribution in [2.75, 3.05) is 0 Å². The smallest absolute Gasteiger partial charge is 0.313 e. The molecule has 0 amide bonds. The van der Waals surface area contributed by atoms with E-state index in [4.69, 9.17) is 5.11 Å². The van der Waals surface area contributed by atoms with E-state index >= 15 is 0 Å². The fraction of sp³-hybridized carbons (Fsp3) is 0.700. The fourth-order valence-corrected chi connectivity index (χ4v) is 2.57. The van der Waals surface area contributed by atoms with E-state index in [1.54, 1.807) is 0 Å². The van der Waals surface area contributed by atoms with Gasteiger partial charge in [0.2, 0.25) is 0 Å². The Balaban J connectivity index is 2.31. The summed E-state index contributed by atoms with van der Waals surface area (Å²) in [6.07, 6.45) is 8.12. The van der Waals surface area contributed by atoms with Crippen LogP contribution < -0.4 is 0 Å². The van der Waals surface area contributed by atoms with Crippen molar-refractivity contribution >= 4 is 5.97 Å². The number of rotatable bonds is 1. The predicted octanol–water partition coefficient (Wildman–Crippen LogP) is 2.35. The maximum absolute atomic E-state index is 11.1. The van der Waals surface area contributed by atoms with Crippen LogP contribution in [0.3, 0.4) is 0 Å². The van der Waals surface area contributed by atoms with Gasteiger partial charge in [0, 0.05) is 0 Å². The van der Waals surface area contributed by atoms with Crippen molar-refractivity contribution in [3.63, 3.8) is 0 Å². The lowest BCUT2D eigenvalue weighted by molar-refractivity contribution is -0.147. The number of carboxylic acids is 1. The van der Waals surface area contributed by atoms with Crippen LogP contribution >= 0.6 is 0 Å². The third kappa shape index (κ3) is 0.904. The van der Waals surface area contributed by atoms with E-state index < -0.39 is 11.4 Å². The molecule has 0 spiro atoms. The summed E-state index contributed by atoms with van der Waals surface area (Å²) in [5.41, 5.74) is 0.777. The Hall–Kier alpha value is -0.790. The average molecular weight is 166 g/mol. The summed E-state index contributed by atoms with van der Waals surface area (Å²) < 4.78 is 0. The van der Waals surface area contributed by atoms with E-state index in [1.807, 2.05) is 0 Å². The summed E-state index contributed by atoms with van der Waals surface area (Å²) in [7, 11) is 0. The first kappa shape index (κ1) is 7.84. The summed E-state index contributed by atoms with van der Waals surface area (Å²) in [5, 5.41) is 9.16. The van der Waals surface area contributed by atoms with Crippen LogP contribution in [0.5, 0.6) is 0 Å². The summed E-state index contributed by atoms with van der Waals surface area (Å²) >= 11 is 0. The van der Waals surface area contributed by atoms with E-state index in [9.17, 15) is 4.79 Å². The zero-order valence-electron chi connectivity index (χ0n) is 7.18. The highest BCUT2D eigenvalue weighted by Gasteiger charge is 2.45. The Kier molecular flexibility index (Phi) is 1.71.